The molecule has 15 N–H and O–H groups in total. The van der Waals surface area contributed by atoms with Gasteiger partial charge in [-0.2, -0.15) is 4.99 Å². The molecule has 0 saturated heterocycles. The van der Waals surface area contributed by atoms with Crippen molar-refractivity contribution in [2.75, 3.05) is 43.8 Å². The number of nitrogens with two attached hydrogens (primary N) is 5. The predicted molar refractivity (Wildman–Crippen MR) is 177 cm³/mol. The maximum atomic E-state index is 12.8. The van der Waals surface area contributed by atoms with Crippen molar-refractivity contribution in [1.29, 1.82) is 0 Å². The Morgan fingerprint density at radius 1 is 0.837 bits per heavy atom. The number of nitrogens with zero attached hydrogens (tertiary/aromatic N) is 4. The minimum Gasteiger partial charge on any atom is -0.460 e. The van der Waals surface area contributed by atoms with Crippen LogP contribution in [0.5, 0.6) is 0 Å². The molecule has 2 aromatic rings. The van der Waals surface area contributed by atoms with Crippen molar-refractivity contribution in [2.24, 2.45) is 32.9 Å². The molecule has 21 nitrogen and oxygen atoms in total. The van der Waals surface area contributed by atoms with Crippen LogP contribution >= 0.6 is 11.6 Å². The number of halogens is 1. The van der Waals surface area contributed by atoms with E-state index in [1.807, 2.05) is 6.07 Å². The molecule has 0 radical (unpaired) electrons. The highest BCUT2D eigenvalue weighted by Gasteiger charge is 2.22. The summed E-state index contributed by atoms with van der Waals surface area (Å²) in [6.45, 7) is -1.76. The first-order chi connectivity index (χ1) is 23.2. The average molecular weight is 705 g/mol. The van der Waals surface area contributed by atoms with E-state index in [2.05, 4.69) is 46.5 Å². The molecule has 1 heterocycles. The minimum atomic E-state index is -1.10. The second kappa shape index (κ2) is 20.1. The molecule has 2 rings (SSSR count). The van der Waals surface area contributed by atoms with Gasteiger partial charge in [0.15, 0.2) is 34.4 Å². The van der Waals surface area contributed by atoms with Crippen LogP contribution in [0.25, 0.3) is 0 Å². The number of nitrogens with one attached hydrogen (secondary N) is 5. The lowest BCUT2D eigenvalue weighted by Gasteiger charge is -2.18. The number of carbonyl (C=O) groups excluding carboxylic acids is 6. The summed E-state index contributed by atoms with van der Waals surface area (Å²) in [5.74, 6) is -5.68. The summed E-state index contributed by atoms with van der Waals surface area (Å²) in [6, 6.07) is 7.83. The predicted octanol–water partition coefficient (Wildman–Crippen LogP) is -3.83. The highest BCUT2D eigenvalue weighted by Crippen LogP contribution is 2.20. The Labute approximate surface area is 284 Å². The molecule has 1 aromatic carbocycles. The van der Waals surface area contributed by atoms with Gasteiger partial charge in [-0.25, -0.2) is 9.97 Å². The van der Waals surface area contributed by atoms with E-state index in [9.17, 15) is 28.8 Å². The van der Waals surface area contributed by atoms with Crippen molar-refractivity contribution in [1.82, 2.24) is 31.2 Å². The molecule has 1 atom stereocenters. The van der Waals surface area contributed by atoms with Crippen LogP contribution in [0.4, 0.5) is 11.6 Å². The van der Waals surface area contributed by atoms with Gasteiger partial charge in [-0.15, -0.1) is 0 Å². The number of ether oxygens (including phenoxy) is 1. The third-order valence-corrected chi connectivity index (χ3v) is 6.13. The zero-order chi connectivity index (χ0) is 36.3. The quantitative estimate of drug-likeness (QED) is 0.0307. The van der Waals surface area contributed by atoms with E-state index in [1.54, 1.807) is 24.3 Å². The summed E-state index contributed by atoms with van der Waals surface area (Å²) in [5, 5.41) is 11.7. The van der Waals surface area contributed by atoms with Crippen molar-refractivity contribution in [3.05, 3.63) is 46.7 Å². The zero-order valence-electron chi connectivity index (χ0n) is 26.0. The van der Waals surface area contributed by atoms with Gasteiger partial charge < -0.3 is 60.0 Å². The summed E-state index contributed by atoms with van der Waals surface area (Å²) in [6.07, 6.45) is 0.393. The Balaban J connectivity index is 1.81. The van der Waals surface area contributed by atoms with Gasteiger partial charge in [0, 0.05) is 6.54 Å². The van der Waals surface area contributed by atoms with E-state index in [-0.39, 0.29) is 42.3 Å². The van der Waals surface area contributed by atoms with Gasteiger partial charge in [-0.05, 0) is 18.4 Å². The number of esters is 1. The highest BCUT2D eigenvalue weighted by molar-refractivity contribution is 6.32. The fraction of sp³-hybridized carbons (Fsp3) is 0.333. The molecule has 49 heavy (non-hydrogen) atoms. The summed E-state index contributed by atoms with van der Waals surface area (Å²) in [5.41, 5.74) is 27.0. The third-order valence-electron chi connectivity index (χ3n) is 5.87. The van der Waals surface area contributed by atoms with Crippen LogP contribution in [-0.2, 0) is 35.3 Å². The maximum Gasteiger partial charge on any atom is 0.325 e. The van der Waals surface area contributed by atoms with Crippen LogP contribution in [0.2, 0.25) is 5.15 Å². The molecule has 0 aliphatic carbocycles. The number of benzene rings is 1. The SMILES string of the molecule is NC(N)=NCCC[C@H](NC(=O)CNC(=O)CNC(=O)CNc1nc(N)c(C(=O)N=C(N)N)nc1Cl)C(=O)NCC(=O)OCc1ccccc1. The normalized spacial score (nSPS) is 10.8. The van der Waals surface area contributed by atoms with Gasteiger partial charge >= 0.3 is 11.9 Å². The smallest absolute Gasteiger partial charge is 0.325 e. The Morgan fingerprint density at radius 3 is 2.14 bits per heavy atom. The van der Waals surface area contributed by atoms with E-state index < -0.39 is 79.4 Å². The Kier molecular flexibility index (Phi) is 16.0. The molecule has 0 saturated carbocycles. The number of rotatable bonds is 18. The van der Waals surface area contributed by atoms with Crippen molar-refractivity contribution < 1.29 is 33.5 Å². The number of carbonyl (C=O) groups is 6. The van der Waals surface area contributed by atoms with Crippen molar-refractivity contribution >= 4 is 70.7 Å². The second-order valence-corrected chi connectivity index (χ2v) is 10.1. The van der Waals surface area contributed by atoms with E-state index in [1.165, 1.54) is 0 Å². The lowest BCUT2D eigenvalue weighted by molar-refractivity contribution is -0.145. The van der Waals surface area contributed by atoms with Crippen molar-refractivity contribution in [3.8, 4) is 0 Å². The van der Waals surface area contributed by atoms with Crippen LogP contribution in [0.1, 0.15) is 28.9 Å². The van der Waals surface area contributed by atoms with Crippen molar-refractivity contribution in [2.45, 2.75) is 25.5 Å². The van der Waals surface area contributed by atoms with Gasteiger partial charge in [0.1, 0.15) is 19.2 Å². The Morgan fingerprint density at radius 2 is 1.49 bits per heavy atom. The number of nitrogen functional groups attached to an aromatic ring is 1. The lowest BCUT2D eigenvalue weighted by Crippen LogP contribution is -2.51. The number of hydrogen-bond acceptors (Lipinski definition) is 12. The van der Waals surface area contributed by atoms with E-state index >= 15 is 0 Å². The number of guanidine groups is 2. The Bertz CT molecular complexity index is 1560. The molecule has 0 aliphatic heterocycles. The molecule has 0 fully saturated rings. The molecular weight excluding hydrogens is 668 g/mol. The number of amides is 5. The van der Waals surface area contributed by atoms with Crippen LogP contribution in [0.3, 0.4) is 0 Å². The first kappa shape index (κ1) is 38.9. The summed E-state index contributed by atoms with van der Waals surface area (Å²) in [7, 11) is 0. The van der Waals surface area contributed by atoms with Crippen LogP contribution in [0, 0.1) is 0 Å². The fourth-order valence-electron chi connectivity index (χ4n) is 3.60. The molecule has 5 amide bonds. The van der Waals surface area contributed by atoms with Gasteiger partial charge in [0.2, 0.25) is 23.6 Å². The molecule has 22 heteroatoms. The largest absolute Gasteiger partial charge is 0.460 e. The van der Waals surface area contributed by atoms with E-state index in [0.29, 0.717) is 6.42 Å². The maximum absolute atomic E-state index is 12.8. The monoisotopic (exact) mass is 704 g/mol. The average Bonchev–Trinajstić information content (AvgIpc) is 3.05. The van der Waals surface area contributed by atoms with E-state index in [0.717, 1.165) is 5.56 Å². The van der Waals surface area contributed by atoms with Crippen LogP contribution in [0.15, 0.2) is 40.3 Å². The van der Waals surface area contributed by atoms with Crippen LogP contribution in [-0.4, -0.2) is 96.2 Å². The number of aliphatic imine (C=N–C) groups is 2. The Hall–Kier alpha value is -6.25. The van der Waals surface area contributed by atoms with Crippen LogP contribution < -0.4 is 55.3 Å². The topological polar surface area (TPSA) is 352 Å². The molecule has 264 valence electrons. The molecule has 0 spiro atoms. The van der Waals surface area contributed by atoms with E-state index in [4.69, 9.17) is 45.0 Å². The van der Waals surface area contributed by atoms with Gasteiger partial charge in [0.25, 0.3) is 0 Å². The lowest BCUT2D eigenvalue weighted by atomic mass is 10.1. The molecule has 0 unspecified atom stereocenters. The zero-order valence-corrected chi connectivity index (χ0v) is 26.8. The molecule has 0 aliphatic rings. The minimum absolute atomic E-state index is 0.0167. The molecule has 0 bridgehead atoms. The molecular formula is C27H37ClN14O7. The van der Waals surface area contributed by atoms with Crippen molar-refractivity contribution in [3.63, 3.8) is 0 Å². The standard InChI is InChI=1S/C27H37ClN14O7/c28-21-23(41-22(29)20(40-21)25(48)42-27(32)33)37-10-17(44)35-9-16(43)36-11-18(45)39-15(7-4-8-34-26(30)31)24(47)38-12-19(46)49-13-14-5-2-1-3-6-14/h1-3,5-6,15H,4,7-13H2,(H,35,44)(H,36,43)(H,38,47)(H,39,45)(H3,29,37,41)(H4,30,31,34)(H4,32,33,42,48)/t15-/m0/s1. The van der Waals surface area contributed by atoms with Gasteiger partial charge in [-0.3, -0.25) is 33.8 Å². The third kappa shape index (κ3) is 15.3. The van der Waals surface area contributed by atoms with Gasteiger partial charge in [-0.1, -0.05) is 41.9 Å². The summed E-state index contributed by atoms with van der Waals surface area (Å²) in [4.78, 5) is 88.5. The number of anilines is 2. The first-order valence-electron chi connectivity index (χ1n) is 14.3. The number of hydrogen-bond donors (Lipinski definition) is 10. The number of aromatic nitrogens is 2. The highest BCUT2D eigenvalue weighted by atomic mass is 35.5. The second-order valence-electron chi connectivity index (χ2n) is 9.78. The summed E-state index contributed by atoms with van der Waals surface area (Å²) >= 11 is 5.98. The molecule has 1 aromatic heterocycles. The fourth-order valence-corrected chi connectivity index (χ4v) is 3.80. The first-order valence-corrected chi connectivity index (χ1v) is 14.7. The summed E-state index contributed by atoms with van der Waals surface area (Å²) < 4.78 is 5.13. The van der Waals surface area contributed by atoms with Gasteiger partial charge in [0.05, 0.1) is 19.6 Å².